The standard InChI is InChI=1S/C18H28N2O/c1-16(2)15-21-12-11-20-10-6-9-19-18(14-20)13-17-7-4-3-5-8-17/h3-5,7-8,18-19H,1,6,9-15H2,2H3. The first kappa shape index (κ1) is 16.2. The van der Waals surface area contributed by atoms with Gasteiger partial charge in [0.15, 0.2) is 0 Å². The predicted octanol–water partition coefficient (Wildman–Crippen LogP) is 2.49. The number of benzene rings is 1. The molecule has 3 heteroatoms. The van der Waals surface area contributed by atoms with E-state index in [2.05, 4.69) is 47.1 Å². The van der Waals surface area contributed by atoms with E-state index in [9.17, 15) is 0 Å². The maximum atomic E-state index is 5.63. The molecule has 1 heterocycles. The van der Waals surface area contributed by atoms with Gasteiger partial charge >= 0.3 is 0 Å². The Balaban J connectivity index is 1.76. The zero-order chi connectivity index (χ0) is 14.9. The highest BCUT2D eigenvalue weighted by Crippen LogP contribution is 2.08. The van der Waals surface area contributed by atoms with Crippen molar-refractivity contribution in [1.29, 1.82) is 0 Å². The van der Waals surface area contributed by atoms with Gasteiger partial charge in [0.2, 0.25) is 0 Å². The Morgan fingerprint density at radius 3 is 2.95 bits per heavy atom. The van der Waals surface area contributed by atoms with E-state index in [4.69, 9.17) is 4.74 Å². The molecule has 0 saturated carbocycles. The Kier molecular flexibility index (Phi) is 6.93. The van der Waals surface area contributed by atoms with Crippen LogP contribution in [0.25, 0.3) is 0 Å². The van der Waals surface area contributed by atoms with Crippen molar-refractivity contribution in [3.63, 3.8) is 0 Å². The molecule has 1 aromatic rings. The van der Waals surface area contributed by atoms with Gasteiger partial charge < -0.3 is 10.1 Å². The van der Waals surface area contributed by atoms with E-state index in [1.807, 2.05) is 6.92 Å². The summed E-state index contributed by atoms with van der Waals surface area (Å²) in [6, 6.07) is 11.3. The second kappa shape index (κ2) is 8.98. The van der Waals surface area contributed by atoms with Gasteiger partial charge in [-0.25, -0.2) is 0 Å². The lowest BCUT2D eigenvalue weighted by molar-refractivity contribution is 0.119. The molecule has 116 valence electrons. The predicted molar refractivity (Wildman–Crippen MR) is 88.6 cm³/mol. The summed E-state index contributed by atoms with van der Waals surface area (Å²) in [6.45, 7) is 11.7. The van der Waals surface area contributed by atoms with Crippen LogP contribution in [0.1, 0.15) is 18.9 Å². The molecule has 0 spiro atoms. The average Bonchev–Trinajstić information content (AvgIpc) is 2.70. The molecule has 1 aliphatic rings. The van der Waals surface area contributed by atoms with Gasteiger partial charge in [-0.1, -0.05) is 42.5 Å². The van der Waals surface area contributed by atoms with Crippen molar-refractivity contribution in [3.8, 4) is 0 Å². The highest BCUT2D eigenvalue weighted by atomic mass is 16.5. The molecule has 1 fully saturated rings. The molecule has 0 aromatic heterocycles. The molecule has 1 unspecified atom stereocenters. The summed E-state index contributed by atoms with van der Waals surface area (Å²) in [5.41, 5.74) is 2.50. The molecule has 2 rings (SSSR count). The second-order valence-electron chi connectivity index (χ2n) is 6.00. The highest BCUT2D eigenvalue weighted by molar-refractivity contribution is 5.16. The number of hydrogen-bond acceptors (Lipinski definition) is 3. The van der Waals surface area contributed by atoms with Crippen molar-refractivity contribution >= 4 is 0 Å². The number of ether oxygens (including phenoxy) is 1. The monoisotopic (exact) mass is 288 g/mol. The normalized spacial score (nSPS) is 20.1. The lowest BCUT2D eigenvalue weighted by Gasteiger charge is -2.24. The van der Waals surface area contributed by atoms with Crippen LogP contribution in [-0.2, 0) is 11.2 Å². The van der Waals surface area contributed by atoms with Gasteiger partial charge in [0.1, 0.15) is 0 Å². The first-order valence-corrected chi connectivity index (χ1v) is 7.96. The Labute approximate surface area is 129 Å². The molecule has 0 amide bonds. The van der Waals surface area contributed by atoms with Crippen LogP contribution in [0.15, 0.2) is 42.5 Å². The van der Waals surface area contributed by atoms with Gasteiger partial charge in [-0.2, -0.15) is 0 Å². The van der Waals surface area contributed by atoms with Crippen LogP contribution >= 0.6 is 0 Å². The van der Waals surface area contributed by atoms with Crippen molar-refractivity contribution in [3.05, 3.63) is 48.0 Å². The zero-order valence-corrected chi connectivity index (χ0v) is 13.2. The molecule has 21 heavy (non-hydrogen) atoms. The Morgan fingerprint density at radius 1 is 1.38 bits per heavy atom. The number of rotatable bonds is 7. The van der Waals surface area contributed by atoms with Crippen LogP contribution in [0.2, 0.25) is 0 Å². The molecule has 1 saturated heterocycles. The third-order valence-corrected chi connectivity index (χ3v) is 3.79. The van der Waals surface area contributed by atoms with E-state index in [0.717, 1.165) is 44.8 Å². The minimum atomic E-state index is 0.538. The van der Waals surface area contributed by atoms with Gasteiger partial charge in [-0.15, -0.1) is 0 Å². The summed E-state index contributed by atoms with van der Waals surface area (Å²) in [4.78, 5) is 2.52. The van der Waals surface area contributed by atoms with Gasteiger partial charge in [0.05, 0.1) is 13.2 Å². The minimum absolute atomic E-state index is 0.538. The van der Waals surface area contributed by atoms with Crippen LogP contribution < -0.4 is 5.32 Å². The fourth-order valence-electron chi connectivity index (χ4n) is 2.75. The van der Waals surface area contributed by atoms with E-state index in [1.165, 1.54) is 12.0 Å². The molecule has 3 nitrogen and oxygen atoms in total. The van der Waals surface area contributed by atoms with Crippen LogP contribution in [0, 0.1) is 0 Å². The summed E-state index contributed by atoms with van der Waals surface area (Å²) in [5, 5.41) is 3.67. The zero-order valence-electron chi connectivity index (χ0n) is 13.2. The molecule has 0 radical (unpaired) electrons. The van der Waals surface area contributed by atoms with E-state index in [1.54, 1.807) is 0 Å². The fourth-order valence-corrected chi connectivity index (χ4v) is 2.75. The van der Waals surface area contributed by atoms with Crippen molar-refractivity contribution in [2.75, 3.05) is 39.4 Å². The van der Waals surface area contributed by atoms with Crippen molar-refractivity contribution in [1.82, 2.24) is 10.2 Å². The van der Waals surface area contributed by atoms with Crippen molar-refractivity contribution in [2.45, 2.75) is 25.8 Å². The second-order valence-corrected chi connectivity index (χ2v) is 6.00. The first-order valence-electron chi connectivity index (χ1n) is 7.96. The Morgan fingerprint density at radius 2 is 2.19 bits per heavy atom. The van der Waals surface area contributed by atoms with Gasteiger partial charge in [0, 0.05) is 19.1 Å². The molecule has 1 atom stereocenters. The van der Waals surface area contributed by atoms with E-state index < -0.39 is 0 Å². The summed E-state index contributed by atoms with van der Waals surface area (Å²) in [5.74, 6) is 0. The lowest BCUT2D eigenvalue weighted by Crippen LogP contribution is -2.40. The van der Waals surface area contributed by atoms with E-state index in [0.29, 0.717) is 12.6 Å². The fraction of sp³-hybridized carbons (Fsp3) is 0.556. The SMILES string of the molecule is C=C(C)COCCN1CCCNC(Cc2ccccc2)C1. The van der Waals surface area contributed by atoms with Crippen LogP contribution in [0.3, 0.4) is 0 Å². The van der Waals surface area contributed by atoms with Crippen LogP contribution in [0.4, 0.5) is 0 Å². The molecule has 0 aliphatic carbocycles. The maximum Gasteiger partial charge on any atom is 0.0672 e. The molecular formula is C18H28N2O. The Hall–Kier alpha value is -1.16. The summed E-state index contributed by atoms with van der Waals surface area (Å²) < 4.78 is 5.63. The van der Waals surface area contributed by atoms with E-state index >= 15 is 0 Å². The Bertz CT molecular complexity index is 418. The molecule has 1 N–H and O–H groups in total. The smallest absolute Gasteiger partial charge is 0.0672 e. The average molecular weight is 288 g/mol. The lowest BCUT2D eigenvalue weighted by atomic mass is 10.1. The first-order chi connectivity index (χ1) is 10.2. The van der Waals surface area contributed by atoms with Crippen molar-refractivity contribution < 1.29 is 4.74 Å². The molecule has 1 aromatic carbocycles. The van der Waals surface area contributed by atoms with Gasteiger partial charge in [-0.3, -0.25) is 4.90 Å². The summed E-state index contributed by atoms with van der Waals surface area (Å²) in [7, 11) is 0. The summed E-state index contributed by atoms with van der Waals surface area (Å²) in [6.07, 6.45) is 2.32. The van der Waals surface area contributed by atoms with Gasteiger partial charge in [0.25, 0.3) is 0 Å². The van der Waals surface area contributed by atoms with Crippen LogP contribution in [0.5, 0.6) is 0 Å². The third-order valence-electron chi connectivity index (χ3n) is 3.79. The molecular weight excluding hydrogens is 260 g/mol. The van der Waals surface area contributed by atoms with E-state index in [-0.39, 0.29) is 0 Å². The quantitative estimate of drug-likeness (QED) is 0.616. The molecule has 0 bridgehead atoms. The highest BCUT2D eigenvalue weighted by Gasteiger charge is 2.17. The van der Waals surface area contributed by atoms with Gasteiger partial charge in [-0.05, 0) is 38.4 Å². The summed E-state index contributed by atoms with van der Waals surface area (Å²) >= 11 is 0. The molecule has 1 aliphatic heterocycles. The maximum absolute atomic E-state index is 5.63. The number of hydrogen-bond donors (Lipinski definition) is 1. The minimum Gasteiger partial charge on any atom is -0.376 e. The number of nitrogens with one attached hydrogen (secondary N) is 1. The number of nitrogens with zero attached hydrogens (tertiary/aromatic N) is 1. The van der Waals surface area contributed by atoms with Crippen molar-refractivity contribution in [2.24, 2.45) is 0 Å². The van der Waals surface area contributed by atoms with Crippen LogP contribution in [-0.4, -0.2) is 50.3 Å². The topological polar surface area (TPSA) is 24.5 Å². The largest absolute Gasteiger partial charge is 0.376 e. The third kappa shape index (κ3) is 6.42.